The normalized spacial score (nSPS) is 11.4. The van der Waals surface area contributed by atoms with Gasteiger partial charge in [-0.25, -0.2) is 0 Å². The third-order valence-electron chi connectivity index (χ3n) is 0.438. The van der Waals surface area contributed by atoms with Crippen LogP contribution in [0, 0.1) is 0 Å². The molecule has 42 valence electrons. The fourth-order valence-corrected chi connectivity index (χ4v) is 0.548. The summed E-state index contributed by atoms with van der Waals surface area (Å²) in [5.41, 5.74) is 1.87. The van der Waals surface area contributed by atoms with Crippen molar-refractivity contribution >= 4 is 17.3 Å². The van der Waals surface area contributed by atoms with Crippen LogP contribution in [-0.4, -0.2) is 17.8 Å². The van der Waals surface area contributed by atoms with E-state index in [1.807, 2.05) is 5.55 Å². The summed E-state index contributed by atoms with van der Waals surface area (Å²) in [5.74, 6) is 0. The quantitative estimate of drug-likeness (QED) is 0.397. The molecule has 0 aromatic rings. The van der Waals surface area contributed by atoms with Crippen molar-refractivity contribution in [2.75, 3.05) is 7.05 Å². The number of nitrogens with zero attached hydrogens (tertiary/aromatic N) is 1. The van der Waals surface area contributed by atoms with E-state index in [0.29, 0.717) is 5.25 Å². The average Bonchev–Trinajstić information content (AvgIpc) is 1.61. The van der Waals surface area contributed by atoms with Gasteiger partial charge in [-0.15, -0.1) is 11.8 Å². The first-order chi connectivity index (χ1) is 3.27. The van der Waals surface area contributed by atoms with Gasteiger partial charge in [-0.2, -0.15) is 0 Å². The Morgan fingerprint density at radius 3 is 2.29 bits per heavy atom. The largest absolute Gasteiger partial charge is 0.290 e. The summed E-state index contributed by atoms with van der Waals surface area (Å²) < 4.78 is 0. The monoisotopic (exact) mass is 117 g/mol. The molecule has 0 fully saturated rings. The molecule has 7 heavy (non-hydrogen) atoms. The highest BCUT2D eigenvalue weighted by molar-refractivity contribution is 8.12. The van der Waals surface area contributed by atoms with E-state index in [1.165, 1.54) is 0 Å². The van der Waals surface area contributed by atoms with Gasteiger partial charge in [0.05, 0.1) is 5.55 Å². The molecule has 0 rings (SSSR count). The van der Waals surface area contributed by atoms with Gasteiger partial charge < -0.3 is 0 Å². The SMILES string of the molecule is CN=CSC(C)C. The summed E-state index contributed by atoms with van der Waals surface area (Å²) in [4.78, 5) is 3.81. The summed E-state index contributed by atoms with van der Waals surface area (Å²) in [5, 5.41) is 0.670. The summed E-state index contributed by atoms with van der Waals surface area (Å²) in [7, 11) is 1.79. The molecule has 0 aliphatic rings. The standard InChI is InChI=1S/C5H11NS/c1-5(2)7-4-6-3/h4-5H,1-3H3. The Kier molecular flexibility index (Phi) is 4.20. The third kappa shape index (κ3) is 6.02. The minimum Gasteiger partial charge on any atom is -0.290 e. The first-order valence-electron chi connectivity index (χ1n) is 2.33. The van der Waals surface area contributed by atoms with Crippen LogP contribution in [0.4, 0.5) is 0 Å². The smallest absolute Gasteiger partial charge is 0.0540 e. The number of hydrogen-bond acceptors (Lipinski definition) is 2. The van der Waals surface area contributed by atoms with Crippen molar-refractivity contribution < 1.29 is 0 Å². The van der Waals surface area contributed by atoms with Crippen molar-refractivity contribution in [2.24, 2.45) is 4.99 Å². The van der Waals surface area contributed by atoms with Crippen LogP contribution in [0.1, 0.15) is 13.8 Å². The zero-order valence-corrected chi connectivity index (χ0v) is 5.83. The van der Waals surface area contributed by atoms with E-state index in [-0.39, 0.29) is 0 Å². The van der Waals surface area contributed by atoms with Crippen LogP contribution in [0.15, 0.2) is 4.99 Å². The van der Waals surface area contributed by atoms with E-state index in [9.17, 15) is 0 Å². The van der Waals surface area contributed by atoms with E-state index >= 15 is 0 Å². The van der Waals surface area contributed by atoms with Gasteiger partial charge in [-0.05, 0) is 0 Å². The van der Waals surface area contributed by atoms with E-state index in [2.05, 4.69) is 18.8 Å². The zero-order chi connectivity index (χ0) is 5.70. The molecule has 0 bridgehead atoms. The molecule has 0 amide bonds. The highest BCUT2D eigenvalue weighted by atomic mass is 32.2. The third-order valence-corrected chi connectivity index (χ3v) is 1.32. The first-order valence-corrected chi connectivity index (χ1v) is 3.27. The van der Waals surface area contributed by atoms with Gasteiger partial charge in [0.2, 0.25) is 0 Å². The summed E-state index contributed by atoms with van der Waals surface area (Å²) in [6.07, 6.45) is 0. The molecular formula is C5H11NS. The summed E-state index contributed by atoms with van der Waals surface area (Å²) >= 11 is 1.74. The highest BCUT2D eigenvalue weighted by Crippen LogP contribution is 2.03. The molecule has 0 aromatic heterocycles. The minimum absolute atomic E-state index is 0.670. The van der Waals surface area contributed by atoms with Gasteiger partial charge in [0.25, 0.3) is 0 Å². The minimum atomic E-state index is 0.670. The Balaban J connectivity index is 2.97. The second-order valence-electron chi connectivity index (χ2n) is 1.55. The van der Waals surface area contributed by atoms with E-state index in [4.69, 9.17) is 0 Å². The van der Waals surface area contributed by atoms with Crippen molar-refractivity contribution in [1.29, 1.82) is 0 Å². The van der Waals surface area contributed by atoms with E-state index < -0.39 is 0 Å². The topological polar surface area (TPSA) is 12.4 Å². The lowest BCUT2D eigenvalue weighted by Gasteiger charge is -1.92. The Morgan fingerprint density at radius 1 is 1.57 bits per heavy atom. The Morgan fingerprint density at radius 2 is 2.14 bits per heavy atom. The molecule has 2 heteroatoms. The predicted octanol–water partition coefficient (Wildman–Crippen LogP) is 1.79. The molecule has 0 spiro atoms. The van der Waals surface area contributed by atoms with Gasteiger partial charge in [0.15, 0.2) is 0 Å². The zero-order valence-electron chi connectivity index (χ0n) is 5.01. The van der Waals surface area contributed by atoms with Gasteiger partial charge in [-0.3, -0.25) is 4.99 Å². The molecule has 0 radical (unpaired) electrons. The molecule has 1 nitrogen and oxygen atoms in total. The second-order valence-corrected chi connectivity index (χ2v) is 2.97. The van der Waals surface area contributed by atoms with Crippen molar-refractivity contribution in [3.63, 3.8) is 0 Å². The fraction of sp³-hybridized carbons (Fsp3) is 0.800. The van der Waals surface area contributed by atoms with Crippen molar-refractivity contribution in [3.8, 4) is 0 Å². The van der Waals surface area contributed by atoms with Gasteiger partial charge in [-0.1, -0.05) is 13.8 Å². The lowest BCUT2D eigenvalue weighted by Crippen LogP contribution is -1.83. The molecule has 0 unspecified atom stereocenters. The van der Waals surface area contributed by atoms with E-state index in [1.54, 1.807) is 18.8 Å². The van der Waals surface area contributed by atoms with E-state index in [0.717, 1.165) is 0 Å². The molecule has 0 atom stereocenters. The second kappa shape index (κ2) is 4.19. The molecule has 0 aromatic carbocycles. The predicted molar refractivity (Wildman–Crippen MR) is 37.1 cm³/mol. The van der Waals surface area contributed by atoms with Gasteiger partial charge in [0.1, 0.15) is 0 Å². The van der Waals surface area contributed by atoms with Gasteiger partial charge in [0, 0.05) is 12.3 Å². The maximum Gasteiger partial charge on any atom is 0.0540 e. The molecule has 0 heterocycles. The van der Waals surface area contributed by atoms with Crippen LogP contribution < -0.4 is 0 Å². The number of aliphatic imine (C=N–C) groups is 1. The molecule has 0 N–H and O–H groups in total. The fourth-order valence-electron chi connectivity index (χ4n) is 0.183. The van der Waals surface area contributed by atoms with Crippen molar-refractivity contribution in [2.45, 2.75) is 19.1 Å². The highest BCUT2D eigenvalue weighted by Gasteiger charge is 1.85. The maximum atomic E-state index is 3.81. The Bertz CT molecular complexity index is 59.1. The van der Waals surface area contributed by atoms with Crippen LogP contribution in [0.5, 0.6) is 0 Å². The maximum absolute atomic E-state index is 3.81. The average molecular weight is 117 g/mol. The Labute approximate surface area is 49.2 Å². The lowest BCUT2D eigenvalue weighted by molar-refractivity contribution is 1.12. The number of hydrogen-bond donors (Lipinski definition) is 0. The summed E-state index contributed by atoms with van der Waals surface area (Å²) in [6.45, 7) is 4.29. The van der Waals surface area contributed by atoms with Gasteiger partial charge >= 0.3 is 0 Å². The molecular weight excluding hydrogens is 106 g/mol. The number of thioether (sulfide) groups is 1. The van der Waals surface area contributed by atoms with Crippen LogP contribution in [-0.2, 0) is 0 Å². The Hall–Kier alpha value is 0.0200. The lowest BCUT2D eigenvalue weighted by atomic mass is 10.6. The number of rotatable bonds is 2. The van der Waals surface area contributed by atoms with Crippen LogP contribution in [0.25, 0.3) is 0 Å². The first kappa shape index (κ1) is 7.02. The molecule has 0 saturated carbocycles. The molecule has 0 aliphatic carbocycles. The molecule has 0 aliphatic heterocycles. The van der Waals surface area contributed by atoms with Crippen LogP contribution in [0.3, 0.4) is 0 Å². The van der Waals surface area contributed by atoms with Crippen LogP contribution >= 0.6 is 11.8 Å². The summed E-state index contributed by atoms with van der Waals surface area (Å²) in [6, 6.07) is 0. The van der Waals surface area contributed by atoms with Crippen LogP contribution in [0.2, 0.25) is 0 Å². The van der Waals surface area contributed by atoms with Crippen molar-refractivity contribution in [3.05, 3.63) is 0 Å². The molecule has 0 saturated heterocycles. The van der Waals surface area contributed by atoms with Crippen molar-refractivity contribution in [1.82, 2.24) is 0 Å².